The average molecular weight is 455 g/mol. The lowest BCUT2D eigenvalue weighted by Crippen LogP contribution is -2.47. The van der Waals surface area contributed by atoms with Crippen molar-refractivity contribution in [3.63, 3.8) is 0 Å². The Morgan fingerprint density at radius 3 is 2.77 bits per heavy atom. The smallest absolute Gasteiger partial charge is 0.261 e. The zero-order chi connectivity index (χ0) is 21.7. The first-order valence-electron chi connectivity index (χ1n) is 9.08. The molecule has 2 heterocycles. The Morgan fingerprint density at radius 1 is 1.33 bits per heavy atom. The number of carbonyl (C=O) groups is 3. The van der Waals surface area contributed by atoms with Crippen molar-refractivity contribution in [2.24, 2.45) is 0 Å². The van der Waals surface area contributed by atoms with E-state index in [1.165, 1.54) is 17.0 Å². The highest BCUT2D eigenvalue weighted by Gasteiger charge is 2.23. The number of nitrogens with zero attached hydrogens (tertiary/aromatic N) is 1. The van der Waals surface area contributed by atoms with Gasteiger partial charge in [0.2, 0.25) is 5.91 Å². The largest absolute Gasteiger partial charge is 0.370 e. The third-order valence-electron chi connectivity index (χ3n) is 4.44. The topological polar surface area (TPSA) is 99.8 Å². The van der Waals surface area contributed by atoms with Crippen LogP contribution in [0.25, 0.3) is 0 Å². The first kappa shape index (κ1) is 22.2. The Hall–Kier alpha value is -2.53. The normalized spacial score (nSPS) is 15.0. The van der Waals surface area contributed by atoms with Gasteiger partial charge >= 0.3 is 0 Å². The molecule has 2 aromatic rings. The van der Waals surface area contributed by atoms with Crippen LogP contribution in [0, 0.1) is 5.82 Å². The van der Waals surface area contributed by atoms with Crippen molar-refractivity contribution in [1.29, 1.82) is 0 Å². The van der Waals surface area contributed by atoms with E-state index in [1.807, 2.05) is 0 Å². The van der Waals surface area contributed by atoms with Crippen LogP contribution in [0.15, 0.2) is 30.3 Å². The minimum absolute atomic E-state index is 0.00132. The summed E-state index contributed by atoms with van der Waals surface area (Å²) in [6, 6.07) is 6.55. The fourth-order valence-electron chi connectivity index (χ4n) is 2.83. The molecule has 3 N–H and O–H groups in total. The van der Waals surface area contributed by atoms with Crippen molar-refractivity contribution in [2.75, 3.05) is 43.6 Å². The highest BCUT2D eigenvalue weighted by atomic mass is 35.5. The monoisotopic (exact) mass is 454 g/mol. The van der Waals surface area contributed by atoms with Gasteiger partial charge in [0, 0.05) is 18.8 Å². The van der Waals surface area contributed by atoms with Gasteiger partial charge in [0.15, 0.2) is 0 Å². The van der Waals surface area contributed by atoms with Crippen LogP contribution in [0.2, 0.25) is 4.34 Å². The molecule has 1 aromatic heterocycles. The molecule has 1 aromatic carbocycles. The van der Waals surface area contributed by atoms with Gasteiger partial charge in [-0.3, -0.25) is 14.4 Å². The Morgan fingerprint density at radius 2 is 2.13 bits per heavy atom. The first-order valence-corrected chi connectivity index (χ1v) is 10.3. The molecule has 0 unspecified atom stereocenters. The number of likely N-dealkylation sites (N-methyl/N-ethyl adjacent to an activating group) is 1. The Balaban J connectivity index is 1.60. The van der Waals surface area contributed by atoms with Crippen LogP contribution in [0.3, 0.4) is 0 Å². The fourth-order valence-corrected chi connectivity index (χ4v) is 3.79. The number of rotatable bonds is 7. The molecule has 3 amide bonds. The Bertz CT molecular complexity index is 954. The minimum atomic E-state index is -0.788. The molecule has 1 saturated heterocycles. The molecule has 8 nitrogen and oxygen atoms in total. The lowest BCUT2D eigenvalue weighted by atomic mass is 10.2. The maximum Gasteiger partial charge on any atom is 0.261 e. The molecule has 1 aliphatic rings. The summed E-state index contributed by atoms with van der Waals surface area (Å²) < 4.78 is 20.1. The number of hydrogen-bond acceptors (Lipinski definition) is 6. The van der Waals surface area contributed by atoms with Crippen LogP contribution in [-0.2, 0) is 14.3 Å². The van der Waals surface area contributed by atoms with Gasteiger partial charge in [0.25, 0.3) is 11.8 Å². The number of benzene rings is 1. The molecular formula is C19H20ClFN4O4S. The second kappa shape index (κ2) is 9.98. The van der Waals surface area contributed by atoms with Gasteiger partial charge in [0.05, 0.1) is 21.5 Å². The highest BCUT2D eigenvalue weighted by molar-refractivity contribution is 7.18. The summed E-state index contributed by atoms with van der Waals surface area (Å²) in [5.41, 5.74) is 0.368. The summed E-state index contributed by atoms with van der Waals surface area (Å²) in [6.45, 7) is 0.659. The summed E-state index contributed by atoms with van der Waals surface area (Å²) in [4.78, 5) is 38.3. The molecule has 1 aliphatic heterocycles. The Labute approximate surface area is 181 Å². The summed E-state index contributed by atoms with van der Waals surface area (Å²) in [5.74, 6) is -1.80. The third-order valence-corrected chi connectivity index (χ3v) is 5.67. The minimum Gasteiger partial charge on any atom is -0.370 e. The van der Waals surface area contributed by atoms with Crippen molar-refractivity contribution in [3.8, 4) is 0 Å². The van der Waals surface area contributed by atoms with E-state index < -0.39 is 17.8 Å². The lowest BCUT2D eigenvalue weighted by molar-refractivity contribution is -0.125. The molecule has 1 atom stereocenters. The number of anilines is 2. The van der Waals surface area contributed by atoms with E-state index >= 15 is 0 Å². The van der Waals surface area contributed by atoms with E-state index in [-0.39, 0.29) is 30.7 Å². The summed E-state index contributed by atoms with van der Waals surface area (Å²) in [6.07, 6.45) is 0. The van der Waals surface area contributed by atoms with E-state index in [4.69, 9.17) is 16.3 Å². The summed E-state index contributed by atoms with van der Waals surface area (Å²) in [7, 11) is 1.56. The van der Waals surface area contributed by atoms with E-state index in [0.29, 0.717) is 28.1 Å². The molecular weight excluding hydrogens is 435 g/mol. The van der Waals surface area contributed by atoms with Crippen molar-refractivity contribution in [1.82, 2.24) is 10.6 Å². The molecule has 1 fully saturated rings. The first-order chi connectivity index (χ1) is 14.4. The maximum absolute atomic E-state index is 14.5. The molecule has 0 spiro atoms. The van der Waals surface area contributed by atoms with Gasteiger partial charge < -0.3 is 25.6 Å². The quantitative estimate of drug-likeness (QED) is 0.593. The predicted octanol–water partition coefficient (Wildman–Crippen LogP) is 1.86. The van der Waals surface area contributed by atoms with E-state index in [0.717, 1.165) is 11.3 Å². The van der Waals surface area contributed by atoms with Crippen molar-refractivity contribution in [2.45, 2.75) is 6.04 Å². The molecule has 0 bridgehead atoms. The van der Waals surface area contributed by atoms with Crippen LogP contribution >= 0.6 is 22.9 Å². The van der Waals surface area contributed by atoms with Crippen molar-refractivity contribution >= 4 is 52.0 Å². The van der Waals surface area contributed by atoms with E-state index in [9.17, 15) is 18.8 Å². The number of carbonyl (C=O) groups excluding carboxylic acids is 3. The molecule has 160 valence electrons. The molecule has 30 heavy (non-hydrogen) atoms. The zero-order valence-electron chi connectivity index (χ0n) is 16.0. The second-order valence-corrected chi connectivity index (χ2v) is 8.12. The van der Waals surface area contributed by atoms with Crippen LogP contribution < -0.4 is 20.9 Å². The molecule has 0 saturated carbocycles. The van der Waals surface area contributed by atoms with Gasteiger partial charge in [-0.25, -0.2) is 4.39 Å². The van der Waals surface area contributed by atoms with Gasteiger partial charge in [-0.1, -0.05) is 11.6 Å². The number of amides is 3. The van der Waals surface area contributed by atoms with Gasteiger partial charge in [-0.2, -0.15) is 0 Å². The molecule has 0 aliphatic carbocycles. The summed E-state index contributed by atoms with van der Waals surface area (Å²) >= 11 is 6.95. The SMILES string of the molecule is CN[C@@H](CNC(=O)c1ccc(Cl)s1)C(=O)Nc1ccc(N2CCOCC2=O)cc1F. The fraction of sp³-hybridized carbons (Fsp3) is 0.316. The van der Waals surface area contributed by atoms with Crippen LogP contribution in [-0.4, -0.2) is 57.1 Å². The van der Waals surface area contributed by atoms with Gasteiger partial charge in [-0.15, -0.1) is 11.3 Å². The molecule has 0 radical (unpaired) electrons. The standard InChI is InChI=1S/C19H20ClFN4O4S/c1-22-14(9-23-19(28)15-4-5-16(20)30-15)18(27)24-13-3-2-11(8-12(13)21)25-6-7-29-10-17(25)26/h2-5,8,14,22H,6-7,9-10H2,1H3,(H,23,28)(H,24,27)/t14-/m0/s1. The zero-order valence-corrected chi connectivity index (χ0v) is 17.6. The van der Waals surface area contributed by atoms with E-state index in [1.54, 1.807) is 25.2 Å². The van der Waals surface area contributed by atoms with Gasteiger partial charge in [-0.05, 0) is 37.4 Å². The summed E-state index contributed by atoms with van der Waals surface area (Å²) in [5, 5.41) is 7.92. The predicted molar refractivity (Wildman–Crippen MR) is 113 cm³/mol. The number of halogens is 2. The van der Waals surface area contributed by atoms with Crippen LogP contribution in [0.1, 0.15) is 9.67 Å². The van der Waals surface area contributed by atoms with Crippen molar-refractivity contribution in [3.05, 3.63) is 45.4 Å². The number of ether oxygens (including phenoxy) is 1. The van der Waals surface area contributed by atoms with E-state index in [2.05, 4.69) is 16.0 Å². The number of thiophene rings is 1. The molecule has 3 rings (SSSR count). The number of morpholine rings is 1. The van der Waals surface area contributed by atoms with Crippen LogP contribution in [0.5, 0.6) is 0 Å². The lowest BCUT2D eigenvalue weighted by Gasteiger charge is -2.27. The second-order valence-electron chi connectivity index (χ2n) is 6.41. The van der Waals surface area contributed by atoms with Gasteiger partial charge in [0.1, 0.15) is 18.5 Å². The number of nitrogens with one attached hydrogen (secondary N) is 3. The Kier molecular flexibility index (Phi) is 7.38. The highest BCUT2D eigenvalue weighted by Crippen LogP contribution is 2.24. The number of hydrogen-bond donors (Lipinski definition) is 3. The average Bonchev–Trinajstić information content (AvgIpc) is 3.16. The van der Waals surface area contributed by atoms with Crippen LogP contribution in [0.4, 0.5) is 15.8 Å². The maximum atomic E-state index is 14.5. The molecule has 11 heteroatoms. The third kappa shape index (κ3) is 5.33. The van der Waals surface area contributed by atoms with Crippen molar-refractivity contribution < 1.29 is 23.5 Å².